The fourth-order valence-corrected chi connectivity index (χ4v) is 6.15. The third kappa shape index (κ3) is 36.5. The summed E-state index contributed by atoms with van der Waals surface area (Å²) in [5.74, 6) is -0.338. The number of rotatable bonds is 37. The molecule has 0 N–H and O–H groups in total. The van der Waals surface area contributed by atoms with Gasteiger partial charge in [0.1, 0.15) is 19.3 Å². The van der Waals surface area contributed by atoms with E-state index in [1.165, 1.54) is 122 Å². The smallest absolute Gasteiger partial charge is 0.306 e. The first-order valence-electron chi connectivity index (χ1n) is 19.9. The Morgan fingerprint density at radius 3 is 1.58 bits per heavy atom. The predicted molar refractivity (Wildman–Crippen MR) is 199 cm³/mol. The van der Waals surface area contributed by atoms with Gasteiger partial charge < -0.3 is 27.9 Å². The molecule has 0 fully saturated rings. The van der Waals surface area contributed by atoms with Gasteiger partial charge in [-0.2, -0.15) is 0 Å². The first-order chi connectivity index (χ1) is 23.1. The van der Waals surface area contributed by atoms with Crippen molar-refractivity contribution in [3.63, 3.8) is 0 Å². The third-order valence-electron chi connectivity index (χ3n) is 8.57. The van der Waals surface area contributed by atoms with Crippen LogP contribution in [0.2, 0.25) is 0 Å². The number of phosphoric acid groups is 1. The topological polar surface area (TPSA) is 94.1 Å². The van der Waals surface area contributed by atoms with E-state index in [1.807, 2.05) is 21.1 Å². The third-order valence-corrected chi connectivity index (χ3v) is 9.53. The van der Waals surface area contributed by atoms with Crippen molar-refractivity contribution in [1.82, 2.24) is 0 Å². The van der Waals surface area contributed by atoms with Crippen LogP contribution in [-0.4, -0.2) is 70.7 Å². The van der Waals surface area contributed by atoms with E-state index in [2.05, 4.69) is 26.0 Å². The van der Waals surface area contributed by atoms with Gasteiger partial charge in [-0.25, -0.2) is 0 Å². The number of ether oxygens (including phenoxy) is 2. The van der Waals surface area contributed by atoms with Gasteiger partial charge in [0.15, 0.2) is 0 Å². The minimum Gasteiger partial charge on any atom is -0.756 e. The van der Waals surface area contributed by atoms with Gasteiger partial charge in [-0.15, -0.1) is 0 Å². The molecular formula is C39H78NO7P. The van der Waals surface area contributed by atoms with Crippen LogP contribution in [0.25, 0.3) is 0 Å². The molecule has 0 heterocycles. The van der Waals surface area contributed by atoms with Crippen molar-refractivity contribution in [3.8, 4) is 0 Å². The molecule has 9 heteroatoms. The maximum atomic E-state index is 12.6. The van der Waals surface area contributed by atoms with Crippen LogP contribution in [-0.2, 0) is 27.9 Å². The number of nitrogens with zero attached hydrogens (tertiary/aromatic N) is 1. The number of hydrogen-bond donors (Lipinski definition) is 0. The van der Waals surface area contributed by atoms with Gasteiger partial charge in [0, 0.05) is 13.0 Å². The second kappa shape index (κ2) is 33.4. The monoisotopic (exact) mass is 704 g/mol. The van der Waals surface area contributed by atoms with Crippen molar-refractivity contribution in [2.24, 2.45) is 0 Å². The molecule has 2 atom stereocenters. The molecule has 0 aliphatic carbocycles. The maximum Gasteiger partial charge on any atom is 0.306 e. The van der Waals surface area contributed by atoms with E-state index in [-0.39, 0.29) is 25.8 Å². The van der Waals surface area contributed by atoms with Crippen LogP contribution >= 0.6 is 7.82 Å². The Balaban J connectivity index is 4.22. The number of unbranched alkanes of at least 4 members (excludes halogenated alkanes) is 21. The number of carbonyl (C=O) groups excluding carboxylic acids is 1. The first-order valence-corrected chi connectivity index (χ1v) is 21.4. The van der Waals surface area contributed by atoms with Crippen LogP contribution in [0.5, 0.6) is 0 Å². The molecular weight excluding hydrogens is 625 g/mol. The molecule has 0 aromatic heterocycles. The highest BCUT2D eigenvalue weighted by Crippen LogP contribution is 2.38. The molecule has 0 spiro atoms. The fraction of sp³-hybridized carbons (Fsp3) is 0.923. The van der Waals surface area contributed by atoms with Gasteiger partial charge >= 0.3 is 5.97 Å². The molecule has 2 unspecified atom stereocenters. The Hall–Kier alpha value is -0.760. The van der Waals surface area contributed by atoms with Crippen LogP contribution in [0.15, 0.2) is 12.2 Å². The first kappa shape index (κ1) is 47.2. The van der Waals surface area contributed by atoms with E-state index in [1.54, 1.807) is 0 Å². The molecule has 48 heavy (non-hydrogen) atoms. The highest BCUT2D eigenvalue weighted by atomic mass is 31.2. The summed E-state index contributed by atoms with van der Waals surface area (Å²) in [6, 6.07) is 0. The summed E-state index contributed by atoms with van der Waals surface area (Å²) in [6.07, 6.45) is 33.6. The zero-order valence-corrected chi connectivity index (χ0v) is 33.1. The summed E-state index contributed by atoms with van der Waals surface area (Å²) in [6.45, 7) is 5.40. The number of likely N-dealkylation sites (N-methyl/N-ethyl adjacent to an activating group) is 1. The average molecular weight is 704 g/mol. The molecule has 0 saturated heterocycles. The molecule has 8 nitrogen and oxygen atoms in total. The van der Waals surface area contributed by atoms with Crippen molar-refractivity contribution in [2.45, 2.75) is 180 Å². The molecule has 0 rings (SSSR count). The summed E-state index contributed by atoms with van der Waals surface area (Å²) in [5.41, 5.74) is 0. The Morgan fingerprint density at radius 2 is 1.08 bits per heavy atom. The number of phosphoric ester groups is 1. The number of allylic oxidation sites excluding steroid dienone is 2. The van der Waals surface area contributed by atoms with Crippen molar-refractivity contribution < 1.29 is 37.3 Å². The number of esters is 1. The van der Waals surface area contributed by atoms with E-state index < -0.39 is 13.9 Å². The molecule has 286 valence electrons. The van der Waals surface area contributed by atoms with Crippen LogP contribution in [0, 0.1) is 0 Å². The molecule has 0 bridgehead atoms. The van der Waals surface area contributed by atoms with Crippen LogP contribution in [0.3, 0.4) is 0 Å². The number of quaternary nitrogens is 1. The van der Waals surface area contributed by atoms with Crippen LogP contribution in [0.1, 0.15) is 174 Å². The predicted octanol–water partition coefficient (Wildman–Crippen LogP) is 10.5. The normalized spacial score (nSPS) is 14.0. The van der Waals surface area contributed by atoms with E-state index in [0.29, 0.717) is 24.1 Å². The quantitative estimate of drug-likeness (QED) is 0.0209. The van der Waals surface area contributed by atoms with Gasteiger partial charge in [-0.1, -0.05) is 142 Å². The van der Waals surface area contributed by atoms with Gasteiger partial charge in [0.25, 0.3) is 7.82 Å². The lowest BCUT2D eigenvalue weighted by atomic mass is 10.1. The van der Waals surface area contributed by atoms with Gasteiger partial charge in [-0.05, 0) is 38.5 Å². The molecule has 0 radical (unpaired) electrons. The summed E-state index contributed by atoms with van der Waals surface area (Å²) in [4.78, 5) is 24.9. The zero-order valence-electron chi connectivity index (χ0n) is 32.2. The lowest BCUT2D eigenvalue weighted by Gasteiger charge is -2.28. The lowest BCUT2D eigenvalue weighted by molar-refractivity contribution is -0.870. The van der Waals surface area contributed by atoms with E-state index in [4.69, 9.17) is 18.5 Å². The Morgan fingerprint density at radius 1 is 0.625 bits per heavy atom. The van der Waals surface area contributed by atoms with Crippen molar-refractivity contribution in [1.29, 1.82) is 0 Å². The number of carbonyl (C=O) groups is 1. The van der Waals surface area contributed by atoms with E-state index in [0.717, 1.165) is 32.1 Å². The summed E-state index contributed by atoms with van der Waals surface area (Å²) < 4.78 is 34.4. The summed E-state index contributed by atoms with van der Waals surface area (Å²) in [7, 11) is 1.36. The summed E-state index contributed by atoms with van der Waals surface area (Å²) >= 11 is 0. The van der Waals surface area contributed by atoms with E-state index in [9.17, 15) is 14.3 Å². The lowest BCUT2D eigenvalue weighted by Crippen LogP contribution is -2.37. The second-order valence-electron chi connectivity index (χ2n) is 14.6. The number of hydrogen-bond acceptors (Lipinski definition) is 7. The van der Waals surface area contributed by atoms with Crippen molar-refractivity contribution in [2.75, 3.05) is 54.1 Å². The minimum absolute atomic E-state index is 0.0280. The SMILES string of the molecule is CCCCCCCC/C=C\CCCCCCCCCC(=O)OC(COCCCCCCCCCCC)COP(=O)([O-])OCC[N+](C)(C)C. The summed E-state index contributed by atoms with van der Waals surface area (Å²) in [5, 5.41) is 0. The molecule has 0 aliphatic rings. The van der Waals surface area contributed by atoms with E-state index >= 15 is 0 Å². The molecule has 0 aliphatic heterocycles. The van der Waals surface area contributed by atoms with Crippen molar-refractivity contribution >= 4 is 13.8 Å². The molecule has 0 saturated carbocycles. The minimum atomic E-state index is -4.51. The molecule has 0 aromatic carbocycles. The Labute approximate surface area is 297 Å². The Kier molecular flexibility index (Phi) is 32.9. The van der Waals surface area contributed by atoms with Gasteiger partial charge in [-0.3, -0.25) is 9.36 Å². The maximum absolute atomic E-state index is 12.6. The van der Waals surface area contributed by atoms with Crippen molar-refractivity contribution in [3.05, 3.63) is 12.2 Å². The Bertz CT molecular complexity index is 787. The second-order valence-corrected chi connectivity index (χ2v) is 16.1. The average Bonchev–Trinajstić information content (AvgIpc) is 3.03. The van der Waals surface area contributed by atoms with Gasteiger partial charge in [0.2, 0.25) is 0 Å². The van der Waals surface area contributed by atoms with Gasteiger partial charge in [0.05, 0.1) is 34.4 Å². The molecule has 0 aromatic rings. The van der Waals surface area contributed by atoms with Crippen LogP contribution < -0.4 is 4.89 Å². The molecule has 0 amide bonds. The standard InChI is InChI=1S/C39H78NO7P/c1-6-8-10-12-14-16-17-18-19-20-21-22-23-24-26-28-30-32-39(41)47-38(37-46-48(42,43)45-35-33-40(3,4)5)36-44-34-31-29-27-25-15-13-11-9-7-2/h18-19,38H,6-17,20-37H2,1-5H3/b19-18-. The van der Waals surface area contributed by atoms with Crippen LogP contribution in [0.4, 0.5) is 0 Å². The largest absolute Gasteiger partial charge is 0.756 e. The fourth-order valence-electron chi connectivity index (χ4n) is 5.42. The highest BCUT2D eigenvalue weighted by molar-refractivity contribution is 7.45. The highest BCUT2D eigenvalue weighted by Gasteiger charge is 2.20. The zero-order chi connectivity index (χ0) is 35.6.